The highest BCUT2D eigenvalue weighted by molar-refractivity contribution is 5.28. The molecule has 0 amide bonds. The molecule has 0 aliphatic carbocycles. The Morgan fingerprint density at radius 1 is 1.47 bits per heavy atom. The van der Waals surface area contributed by atoms with Crippen molar-refractivity contribution in [2.75, 3.05) is 6.54 Å². The van der Waals surface area contributed by atoms with Crippen molar-refractivity contribution in [3.05, 3.63) is 35.7 Å². The Kier molecular flexibility index (Phi) is 7.65. The summed E-state index contributed by atoms with van der Waals surface area (Å²) in [7, 11) is 0. The summed E-state index contributed by atoms with van der Waals surface area (Å²) >= 11 is 0. The van der Waals surface area contributed by atoms with Gasteiger partial charge in [0.2, 0.25) is 0 Å². The molecule has 0 radical (unpaired) electrons. The Bertz CT molecular complexity index is 311. The van der Waals surface area contributed by atoms with E-state index >= 15 is 0 Å². The number of nitrogens with one attached hydrogen (secondary N) is 2. The Hall–Kier alpha value is -1.01. The maximum atomic E-state index is 13.5. The van der Waals surface area contributed by atoms with E-state index in [1.807, 2.05) is 20.8 Å². The topological polar surface area (TPSA) is 70.3 Å². The van der Waals surface area contributed by atoms with Crippen LogP contribution in [0.3, 0.4) is 0 Å². The Balaban J connectivity index is 4.40. The third-order valence-corrected chi connectivity index (χ3v) is 2.04. The molecule has 0 aromatic carbocycles. The van der Waals surface area contributed by atoms with Gasteiger partial charge in [0, 0.05) is 12.6 Å². The summed E-state index contributed by atoms with van der Waals surface area (Å²) in [6.45, 7) is 10.0. The quantitative estimate of drug-likeness (QED) is 0.311. The minimum atomic E-state index is -0.858. The van der Waals surface area contributed by atoms with Crippen LogP contribution in [0, 0.1) is 0 Å². The first-order valence-electron chi connectivity index (χ1n) is 5.48. The molecule has 17 heavy (non-hydrogen) atoms. The van der Waals surface area contributed by atoms with Gasteiger partial charge in [-0.3, -0.25) is 0 Å². The van der Waals surface area contributed by atoms with Gasteiger partial charge in [-0.05, 0) is 24.6 Å². The van der Waals surface area contributed by atoms with Gasteiger partial charge in [0.05, 0.1) is 0 Å². The van der Waals surface area contributed by atoms with Crippen LogP contribution in [0.4, 0.5) is 4.39 Å². The van der Waals surface area contributed by atoms with E-state index in [1.165, 1.54) is 12.2 Å². The molecule has 0 rings (SSSR count). The second-order valence-corrected chi connectivity index (χ2v) is 4.24. The zero-order chi connectivity index (χ0) is 13.4. The van der Waals surface area contributed by atoms with E-state index in [0.29, 0.717) is 12.6 Å². The number of hydroxylamine groups is 1. The highest BCUT2D eigenvalue weighted by Crippen LogP contribution is 2.08. The molecule has 0 spiro atoms. The third-order valence-electron chi connectivity index (χ3n) is 2.04. The van der Waals surface area contributed by atoms with Gasteiger partial charge in [0.1, 0.15) is 12.0 Å². The fourth-order valence-electron chi connectivity index (χ4n) is 1.04. The number of hydrogen-bond acceptors (Lipinski definition) is 4. The normalized spacial score (nSPS) is 15.2. The van der Waals surface area contributed by atoms with Gasteiger partial charge in [0.25, 0.3) is 0 Å². The molecule has 98 valence electrons. The summed E-state index contributed by atoms with van der Waals surface area (Å²) in [5, 5.41) is 11.7. The minimum absolute atomic E-state index is 0.269. The lowest BCUT2D eigenvalue weighted by molar-refractivity contribution is 0.142. The molecule has 0 heterocycles. The number of hydrogen-bond donors (Lipinski definition) is 4. The summed E-state index contributed by atoms with van der Waals surface area (Å²) in [6.07, 6.45) is 1.74. The first-order chi connectivity index (χ1) is 7.86. The standard InChI is InChI=1S/C12H22FN3O/c1-8(2)15-7-9(3)5-11(13)6-10(4)12(14)16-17/h5-6,8,12,15-17H,4,7,14H2,1-3H3. The van der Waals surface area contributed by atoms with Gasteiger partial charge in [-0.2, -0.15) is 5.48 Å². The Morgan fingerprint density at radius 2 is 2.06 bits per heavy atom. The van der Waals surface area contributed by atoms with E-state index in [4.69, 9.17) is 10.9 Å². The number of rotatable bonds is 7. The highest BCUT2D eigenvalue weighted by atomic mass is 19.1. The molecule has 0 aliphatic heterocycles. The number of halogens is 1. The molecule has 0 aliphatic rings. The van der Waals surface area contributed by atoms with E-state index in [9.17, 15) is 4.39 Å². The molecule has 0 saturated carbocycles. The molecule has 0 aromatic rings. The second kappa shape index (κ2) is 8.14. The van der Waals surface area contributed by atoms with Crippen LogP contribution in [-0.4, -0.2) is 24.0 Å². The summed E-state index contributed by atoms with van der Waals surface area (Å²) in [6, 6.07) is 0.354. The Labute approximate surface area is 102 Å². The van der Waals surface area contributed by atoms with Crippen molar-refractivity contribution < 1.29 is 9.60 Å². The predicted octanol–water partition coefficient (Wildman–Crippen LogP) is 1.60. The molecule has 0 bridgehead atoms. The molecule has 1 atom stereocenters. The molecular weight excluding hydrogens is 221 g/mol. The molecule has 1 unspecified atom stereocenters. The summed E-state index contributed by atoms with van der Waals surface area (Å²) < 4.78 is 13.5. The minimum Gasteiger partial charge on any atom is -0.315 e. The summed E-state index contributed by atoms with van der Waals surface area (Å²) in [5.74, 6) is -0.441. The lowest BCUT2D eigenvalue weighted by Crippen LogP contribution is -2.35. The Morgan fingerprint density at radius 3 is 2.53 bits per heavy atom. The lowest BCUT2D eigenvalue weighted by atomic mass is 10.2. The van der Waals surface area contributed by atoms with Gasteiger partial charge < -0.3 is 16.3 Å². The van der Waals surface area contributed by atoms with Gasteiger partial charge >= 0.3 is 0 Å². The molecule has 0 saturated heterocycles. The smallest absolute Gasteiger partial charge is 0.123 e. The van der Waals surface area contributed by atoms with Crippen LogP contribution in [0.5, 0.6) is 0 Å². The van der Waals surface area contributed by atoms with Crippen molar-refractivity contribution >= 4 is 0 Å². The average molecular weight is 243 g/mol. The van der Waals surface area contributed by atoms with Crippen LogP contribution < -0.4 is 16.5 Å². The predicted molar refractivity (Wildman–Crippen MR) is 68.1 cm³/mol. The number of allylic oxidation sites excluding steroid dienone is 2. The summed E-state index contributed by atoms with van der Waals surface area (Å²) in [4.78, 5) is 0. The maximum absolute atomic E-state index is 13.5. The average Bonchev–Trinajstić information content (AvgIpc) is 2.24. The molecule has 5 heteroatoms. The van der Waals surface area contributed by atoms with Crippen LogP contribution in [0.25, 0.3) is 0 Å². The fraction of sp³-hybridized carbons (Fsp3) is 0.500. The van der Waals surface area contributed by atoms with E-state index in [2.05, 4.69) is 11.9 Å². The third kappa shape index (κ3) is 7.82. The van der Waals surface area contributed by atoms with E-state index in [1.54, 1.807) is 5.48 Å². The van der Waals surface area contributed by atoms with Crippen LogP contribution in [0.2, 0.25) is 0 Å². The van der Waals surface area contributed by atoms with Crippen molar-refractivity contribution in [1.82, 2.24) is 10.8 Å². The van der Waals surface area contributed by atoms with Crippen molar-refractivity contribution in [1.29, 1.82) is 0 Å². The largest absolute Gasteiger partial charge is 0.315 e. The van der Waals surface area contributed by atoms with Gasteiger partial charge in [-0.25, -0.2) is 4.39 Å². The van der Waals surface area contributed by atoms with Gasteiger partial charge in [-0.15, -0.1) is 0 Å². The zero-order valence-electron chi connectivity index (χ0n) is 10.6. The first kappa shape index (κ1) is 16.0. The molecule has 0 fully saturated rings. The number of nitrogens with two attached hydrogens (primary N) is 1. The van der Waals surface area contributed by atoms with Crippen LogP contribution >= 0.6 is 0 Å². The monoisotopic (exact) mass is 243 g/mol. The SMILES string of the molecule is C=C(C=C(F)C=C(C)CNC(C)C)C(N)NO. The lowest BCUT2D eigenvalue weighted by Gasteiger charge is -2.09. The molecular formula is C12H22FN3O. The van der Waals surface area contributed by atoms with Gasteiger partial charge in [0.15, 0.2) is 0 Å². The maximum Gasteiger partial charge on any atom is 0.123 e. The van der Waals surface area contributed by atoms with Crippen LogP contribution in [-0.2, 0) is 0 Å². The summed E-state index contributed by atoms with van der Waals surface area (Å²) in [5.41, 5.74) is 8.32. The van der Waals surface area contributed by atoms with Crippen molar-refractivity contribution in [2.24, 2.45) is 5.73 Å². The van der Waals surface area contributed by atoms with Crippen molar-refractivity contribution in [3.8, 4) is 0 Å². The molecule has 4 nitrogen and oxygen atoms in total. The van der Waals surface area contributed by atoms with Crippen LogP contribution in [0.1, 0.15) is 20.8 Å². The highest BCUT2D eigenvalue weighted by Gasteiger charge is 2.03. The van der Waals surface area contributed by atoms with Crippen molar-refractivity contribution in [2.45, 2.75) is 33.0 Å². The second-order valence-electron chi connectivity index (χ2n) is 4.24. The van der Waals surface area contributed by atoms with E-state index < -0.39 is 12.0 Å². The first-order valence-corrected chi connectivity index (χ1v) is 5.48. The van der Waals surface area contributed by atoms with E-state index in [0.717, 1.165) is 5.57 Å². The fourth-order valence-corrected chi connectivity index (χ4v) is 1.04. The van der Waals surface area contributed by atoms with E-state index in [-0.39, 0.29) is 5.57 Å². The zero-order valence-corrected chi connectivity index (χ0v) is 10.6. The molecule has 5 N–H and O–H groups in total. The molecule has 0 aromatic heterocycles. The van der Waals surface area contributed by atoms with Crippen LogP contribution in [0.15, 0.2) is 35.7 Å². The van der Waals surface area contributed by atoms with Crippen molar-refractivity contribution in [3.63, 3.8) is 0 Å². The van der Waals surface area contributed by atoms with Gasteiger partial charge in [-0.1, -0.05) is 26.0 Å².